The summed E-state index contributed by atoms with van der Waals surface area (Å²) in [5, 5.41) is 9.07. The maximum atomic E-state index is 13.0. The molecule has 1 atom stereocenters. The number of carboxylic acids is 1. The molecule has 25 heavy (non-hydrogen) atoms. The Morgan fingerprint density at radius 3 is 2.56 bits per heavy atom. The van der Waals surface area contributed by atoms with E-state index in [1.165, 1.54) is 11.0 Å². The highest BCUT2D eigenvalue weighted by atomic mass is 19.4. The normalized spacial score (nSPS) is 23.0. The number of hydrogen-bond donors (Lipinski definition) is 1. The molecule has 0 radical (unpaired) electrons. The number of morpholine rings is 1. The molecule has 0 aromatic heterocycles. The highest BCUT2D eigenvalue weighted by Crippen LogP contribution is 2.46. The van der Waals surface area contributed by atoms with Gasteiger partial charge >= 0.3 is 12.1 Å². The third kappa shape index (κ3) is 3.22. The largest absolute Gasteiger partial charge is 0.479 e. The molecule has 1 N–H and O–H groups in total. The highest BCUT2D eigenvalue weighted by molar-refractivity contribution is 5.90. The van der Waals surface area contributed by atoms with Gasteiger partial charge in [0.05, 0.1) is 24.1 Å². The fourth-order valence-corrected chi connectivity index (χ4v) is 3.44. The molecule has 0 spiro atoms. The van der Waals surface area contributed by atoms with E-state index >= 15 is 0 Å². The second kappa shape index (κ2) is 6.33. The summed E-state index contributed by atoms with van der Waals surface area (Å²) in [5.41, 5.74) is -1.44. The molecule has 1 aromatic rings. The number of rotatable bonds is 3. The molecule has 1 heterocycles. The number of carboxylic acid groups (broad SMARTS) is 1. The number of aliphatic carboxylic acids is 1. The van der Waals surface area contributed by atoms with Gasteiger partial charge in [0, 0.05) is 6.54 Å². The first-order chi connectivity index (χ1) is 11.7. The summed E-state index contributed by atoms with van der Waals surface area (Å²) < 4.78 is 44.1. The van der Waals surface area contributed by atoms with Gasteiger partial charge < -0.3 is 14.7 Å². The van der Waals surface area contributed by atoms with Crippen LogP contribution in [-0.4, -0.2) is 47.7 Å². The molecule has 1 amide bonds. The zero-order chi connectivity index (χ0) is 18.2. The summed E-state index contributed by atoms with van der Waals surface area (Å²) in [6, 6.07) is 4.87. The van der Waals surface area contributed by atoms with Crippen LogP contribution in [0.5, 0.6) is 0 Å². The fraction of sp³-hybridized carbons (Fsp3) is 0.529. The van der Waals surface area contributed by atoms with E-state index in [4.69, 9.17) is 9.84 Å². The first-order valence-electron chi connectivity index (χ1n) is 8.05. The average Bonchev–Trinajstić information content (AvgIpc) is 2.53. The maximum absolute atomic E-state index is 13.0. The Morgan fingerprint density at radius 2 is 2.00 bits per heavy atom. The van der Waals surface area contributed by atoms with Crippen LogP contribution in [0, 0.1) is 0 Å². The molecular weight excluding hydrogens is 339 g/mol. The van der Waals surface area contributed by atoms with Crippen LogP contribution in [0.15, 0.2) is 24.3 Å². The van der Waals surface area contributed by atoms with E-state index in [2.05, 4.69) is 0 Å². The number of hydrogen-bond acceptors (Lipinski definition) is 3. The van der Waals surface area contributed by atoms with Gasteiger partial charge in [0.1, 0.15) is 0 Å². The second-order valence-corrected chi connectivity index (χ2v) is 6.46. The minimum Gasteiger partial charge on any atom is -0.479 e. The van der Waals surface area contributed by atoms with E-state index in [1.54, 1.807) is 6.07 Å². The van der Waals surface area contributed by atoms with E-state index in [-0.39, 0.29) is 25.6 Å². The van der Waals surface area contributed by atoms with Gasteiger partial charge in [-0.2, -0.15) is 13.2 Å². The Kier molecular flexibility index (Phi) is 4.49. The van der Waals surface area contributed by atoms with E-state index in [0.717, 1.165) is 18.6 Å². The molecule has 5 nitrogen and oxygen atoms in total. The van der Waals surface area contributed by atoms with Gasteiger partial charge in [-0.25, -0.2) is 4.79 Å². The molecule has 1 saturated carbocycles. The van der Waals surface area contributed by atoms with Crippen molar-refractivity contribution in [2.75, 3.05) is 19.7 Å². The Bertz CT molecular complexity index is 685. The quantitative estimate of drug-likeness (QED) is 0.902. The molecule has 136 valence electrons. The molecule has 2 aliphatic rings. The highest BCUT2D eigenvalue weighted by Gasteiger charge is 2.49. The van der Waals surface area contributed by atoms with Crippen LogP contribution in [0.3, 0.4) is 0 Å². The van der Waals surface area contributed by atoms with Crippen molar-refractivity contribution in [3.8, 4) is 0 Å². The van der Waals surface area contributed by atoms with Crippen molar-refractivity contribution in [3.63, 3.8) is 0 Å². The van der Waals surface area contributed by atoms with Crippen molar-refractivity contribution in [3.05, 3.63) is 35.4 Å². The molecule has 1 unspecified atom stereocenters. The predicted molar refractivity (Wildman–Crippen MR) is 80.9 cm³/mol. The first-order valence-corrected chi connectivity index (χ1v) is 8.05. The monoisotopic (exact) mass is 357 g/mol. The summed E-state index contributed by atoms with van der Waals surface area (Å²) in [7, 11) is 0. The number of carbonyl (C=O) groups excluding carboxylic acids is 1. The number of halogens is 3. The Labute approximate surface area is 142 Å². The Morgan fingerprint density at radius 1 is 1.28 bits per heavy atom. The first kappa shape index (κ1) is 17.7. The molecule has 1 aromatic carbocycles. The maximum Gasteiger partial charge on any atom is 0.416 e. The third-order valence-electron chi connectivity index (χ3n) is 4.99. The molecule has 1 saturated heterocycles. The molecule has 8 heteroatoms. The van der Waals surface area contributed by atoms with Gasteiger partial charge in [0.15, 0.2) is 6.10 Å². The lowest BCUT2D eigenvalue weighted by Gasteiger charge is -2.45. The zero-order valence-electron chi connectivity index (χ0n) is 13.4. The number of amides is 1. The minimum atomic E-state index is -4.47. The van der Waals surface area contributed by atoms with Crippen LogP contribution in [-0.2, 0) is 25.9 Å². The Hall–Kier alpha value is -2.09. The van der Waals surface area contributed by atoms with Gasteiger partial charge in [-0.3, -0.25) is 4.79 Å². The van der Waals surface area contributed by atoms with E-state index in [1.807, 2.05) is 0 Å². The van der Waals surface area contributed by atoms with E-state index in [0.29, 0.717) is 18.4 Å². The summed E-state index contributed by atoms with van der Waals surface area (Å²) in [4.78, 5) is 25.5. The SMILES string of the molecule is O=C(O)C1CN(C(=O)C2(c3cccc(C(F)(F)F)c3)CCC2)CCO1. The lowest BCUT2D eigenvalue weighted by molar-refractivity contribution is -0.162. The van der Waals surface area contributed by atoms with Crippen molar-refractivity contribution >= 4 is 11.9 Å². The summed E-state index contributed by atoms with van der Waals surface area (Å²) >= 11 is 0. The molecular formula is C17H18F3NO4. The standard InChI is InChI=1S/C17H18F3NO4/c18-17(19,20)12-4-1-3-11(9-12)16(5-2-6-16)15(24)21-7-8-25-13(10-21)14(22)23/h1,3-4,9,13H,2,5-8,10H2,(H,22,23). The van der Waals surface area contributed by atoms with Crippen molar-refractivity contribution in [1.29, 1.82) is 0 Å². The smallest absolute Gasteiger partial charge is 0.416 e. The summed E-state index contributed by atoms with van der Waals surface area (Å²) in [6.45, 7) is 0.250. The topological polar surface area (TPSA) is 66.8 Å². The fourth-order valence-electron chi connectivity index (χ4n) is 3.44. The van der Waals surface area contributed by atoms with Crippen molar-refractivity contribution in [2.24, 2.45) is 0 Å². The minimum absolute atomic E-state index is 0.0884. The van der Waals surface area contributed by atoms with Crippen LogP contribution in [0.1, 0.15) is 30.4 Å². The Balaban J connectivity index is 1.88. The zero-order valence-corrected chi connectivity index (χ0v) is 13.4. The van der Waals surface area contributed by atoms with Crippen LogP contribution in [0.25, 0.3) is 0 Å². The van der Waals surface area contributed by atoms with Crippen molar-refractivity contribution < 1.29 is 32.6 Å². The number of alkyl halides is 3. The van der Waals surface area contributed by atoms with Gasteiger partial charge in [-0.1, -0.05) is 24.6 Å². The molecule has 1 aliphatic carbocycles. The van der Waals surface area contributed by atoms with Crippen molar-refractivity contribution in [1.82, 2.24) is 4.90 Å². The molecule has 0 bridgehead atoms. The van der Waals surface area contributed by atoms with E-state index < -0.39 is 29.2 Å². The van der Waals surface area contributed by atoms with Crippen molar-refractivity contribution in [2.45, 2.75) is 37.0 Å². The summed E-state index contributed by atoms with van der Waals surface area (Å²) in [5.74, 6) is -1.47. The van der Waals surface area contributed by atoms with Crippen LogP contribution in [0.2, 0.25) is 0 Å². The molecule has 3 rings (SSSR count). The van der Waals surface area contributed by atoms with Crippen LogP contribution in [0.4, 0.5) is 13.2 Å². The van der Waals surface area contributed by atoms with Gasteiger partial charge in [0.2, 0.25) is 5.91 Å². The van der Waals surface area contributed by atoms with Crippen LogP contribution >= 0.6 is 0 Å². The number of carbonyl (C=O) groups is 2. The molecule has 2 fully saturated rings. The molecule has 1 aliphatic heterocycles. The van der Waals surface area contributed by atoms with Gasteiger partial charge in [-0.05, 0) is 24.5 Å². The van der Waals surface area contributed by atoms with Crippen LogP contribution < -0.4 is 0 Å². The number of ether oxygens (including phenoxy) is 1. The number of benzene rings is 1. The lowest BCUT2D eigenvalue weighted by atomic mass is 9.63. The average molecular weight is 357 g/mol. The summed E-state index contributed by atoms with van der Waals surface area (Å²) in [6.07, 6.45) is -3.91. The third-order valence-corrected chi connectivity index (χ3v) is 4.99. The second-order valence-electron chi connectivity index (χ2n) is 6.46. The van der Waals surface area contributed by atoms with Gasteiger partial charge in [0.25, 0.3) is 0 Å². The number of nitrogens with zero attached hydrogens (tertiary/aromatic N) is 1. The van der Waals surface area contributed by atoms with E-state index in [9.17, 15) is 22.8 Å². The predicted octanol–water partition coefficient (Wildman–Crippen LogP) is 2.44. The van der Waals surface area contributed by atoms with Gasteiger partial charge in [-0.15, -0.1) is 0 Å². The lowest BCUT2D eigenvalue weighted by Crippen LogP contribution is -2.56.